The van der Waals surface area contributed by atoms with Crippen LogP contribution in [0.5, 0.6) is 5.75 Å². The summed E-state index contributed by atoms with van der Waals surface area (Å²) in [5.41, 5.74) is 3.13. The number of methoxy groups -OCH3 is 1. The Morgan fingerprint density at radius 2 is 1.93 bits per heavy atom. The van der Waals surface area contributed by atoms with Gasteiger partial charge in [0, 0.05) is 32.6 Å². The number of carbonyl (C=O) groups excluding carboxylic acids is 1. The summed E-state index contributed by atoms with van der Waals surface area (Å²) >= 11 is 0. The molecule has 1 aliphatic rings. The fourth-order valence-electron chi connectivity index (χ4n) is 3.29. The van der Waals surface area contributed by atoms with Crippen LogP contribution in [0.1, 0.15) is 23.1 Å². The molecule has 1 saturated heterocycles. The van der Waals surface area contributed by atoms with E-state index in [-0.39, 0.29) is 11.7 Å². The molecule has 2 aromatic rings. The van der Waals surface area contributed by atoms with Crippen LogP contribution < -0.4 is 10.1 Å². The molecular weight excluding hydrogens is 359 g/mol. The van der Waals surface area contributed by atoms with Gasteiger partial charge in [0.15, 0.2) is 11.6 Å². The quantitative estimate of drug-likeness (QED) is 0.758. The van der Waals surface area contributed by atoms with Crippen molar-refractivity contribution < 1.29 is 18.7 Å². The molecule has 0 aromatic heterocycles. The van der Waals surface area contributed by atoms with E-state index in [9.17, 15) is 9.18 Å². The predicted octanol–water partition coefficient (Wildman–Crippen LogP) is 2.92. The van der Waals surface area contributed by atoms with Crippen LogP contribution >= 0.6 is 0 Å². The summed E-state index contributed by atoms with van der Waals surface area (Å²) in [7, 11) is 1.43. The highest BCUT2D eigenvalue weighted by Gasteiger charge is 2.13. The van der Waals surface area contributed by atoms with Crippen LogP contribution in [0.3, 0.4) is 0 Å². The van der Waals surface area contributed by atoms with Crippen LogP contribution in [0.4, 0.5) is 4.39 Å². The Labute approximate surface area is 165 Å². The molecule has 0 saturated carbocycles. The van der Waals surface area contributed by atoms with Crippen molar-refractivity contribution in [3.63, 3.8) is 0 Å². The number of rotatable bonds is 8. The first kappa shape index (κ1) is 20.3. The van der Waals surface area contributed by atoms with Crippen LogP contribution in [0.15, 0.2) is 42.5 Å². The van der Waals surface area contributed by atoms with Gasteiger partial charge in [-0.1, -0.05) is 30.3 Å². The second-order valence-corrected chi connectivity index (χ2v) is 6.90. The Morgan fingerprint density at radius 3 is 2.64 bits per heavy atom. The second kappa shape index (κ2) is 10.2. The lowest BCUT2D eigenvalue weighted by Gasteiger charge is -2.27. The summed E-state index contributed by atoms with van der Waals surface area (Å²) in [5.74, 6) is -0.236. The van der Waals surface area contributed by atoms with Crippen LogP contribution in [0.2, 0.25) is 0 Å². The van der Waals surface area contributed by atoms with Gasteiger partial charge >= 0.3 is 0 Å². The average Bonchev–Trinajstić information content (AvgIpc) is 2.72. The first-order valence-electron chi connectivity index (χ1n) is 9.61. The van der Waals surface area contributed by atoms with E-state index in [1.807, 2.05) is 12.1 Å². The fourth-order valence-corrected chi connectivity index (χ4v) is 3.29. The number of hydrogen-bond donors (Lipinski definition) is 1. The first-order valence-corrected chi connectivity index (χ1v) is 9.61. The number of hydrogen-bond acceptors (Lipinski definition) is 4. The molecule has 5 nitrogen and oxygen atoms in total. The summed E-state index contributed by atoms with van der Waals surface area (Å²) in [4.78, 5) is 14.6. The number of nitrogens with zero attached hydrogens (tertiary/aromatic N) is 1. The lowest BCUT2D eigenvalue weighted by molar-refractivity contribution is -0.121. The van der Waals surface area contributed by atoms with Gasteiger partial charge in [0.2, 0.25) is 5.91 Å². The van der Waals surface area contributed by atoms with E-state index in [1.54, 1.807) is 12.1 Å². The molecule has 28 heavy (non-hydrogen) atoms. The van der Waals surface area contributed by atoms with Gasteiger partial charge < -0.3 is 14.8 Å². The Morgan fingerprint density at radius 1 is 1.18 bits per heavy atom. The number of carbonyl (C=O) groups is 1. The zero-order chi connectivity index (χ0) is 19.8. The zero-order valence-corrected chi connectivity index (χ0v) is 16.2. The Bertz CT molecular complexity index is 791. The van der Waals surface area contributed by atoms with Crippen LogP contribution in [-0.2, 0) is 29.0 Å². The molecule has 150 valence electrons. The van der Waals surface area contributed by atoms with Crippen molar-refractivity contribution >= 4 is 5.91 Å². The van der Waals surface area contributed by atoms with E-state index in [0.717, 1.165) is 44.0 Å². The van der Waals surface area contributed by atoms with Crippen molar-refractivity contribution in [1.29, 1.82) is 0 Å². The Balaban J connectivity index is 1.49. The summed E-state index contributed by atoms with van der Waals surface area (Å²) in [6.07, 6.45) is 0.805. The molecule has 0 atom stereocenters. The third-order valence-electron chi connectivity index (χ3n) is 4.95. The molecule has 0 bridgehead atoms. The van der Waals surface area contributed by atoms with Gasteiger partial charge in [-0.05, 0) is 35.2 Å². The van der Waals surface area contributed by atoms with Gasteiger partial charge in [-0.2, -0.15) is 0 Å². The zero-order valence-electron chi connectivity index (χ0n) is 16.2. The predicted molar refractivity (Wildman–Crippen MR) is 106 cm³/mol. The lowest BCUT2D eigenvalue weighted by atomic mass is 10.1. The molecule has 1 amide bonds. The number of nitrogens with one attached hydrogen (secondary N) is 1. The molecule has 6 heteroatoms. The number of morpholine rings is 1. The van der Waals surface area contributed by atoms with E-state index >= 15 is 0 Å². The minimum atomic E-state index is -0.405. The largest absolute Gasteiger partial charge is 0.494 e. The van der Waals surface area contributed by atoms with E-state index in [2.05, 4.69) is 22.3 Å². The maximum Gasteiger partial charge on any atom is 0.220 e. The molecule has 0 spiro atoms. The maximum absolute atomic E-state index is 13.7. The number of amides is 1. The van der Waals surface area contributed by atoms with Crippen molar-refractivity contribution in [2.45, 2.75) is 25.9 Å². The first-order chi connectivity index (χ1) is 13.7. The SMILES string of the molecule is COc1ccc(CCC(=O)NCc2ccccc2CN2CCOCC2)cc1F. The van der Waals surface area contributed by atoms with Gasteiger partial charge in [-0.25, -0.2) is 4.39 Å². The smallest absolute Gasteiger partial charge is 0.220 e. The number of halogens is 1. The third kappa shape index (κ3) is 5.78. The van der Waals surface area contributed by atoms with Crippen LogP contribution in [0, 0.1) is 5.82 Å². The minimum Gasteiger partial charge on any atom is -0.494 e. The van der Waals surface area contributed by atoms with Gasteiger partial charge in [0.25, 0.3) is 0 Å². The highest BCUT2D eigenvalue weighted by Crippen LogP contribution is 2.18. The van der Waals surface area contributed by atoms with Crippen LogP contribution in [-0.4, -0.2) is 44.2 Å². The highest BCUT2D eigenvalue weighted by molar-refractivity contribution is 5.76. The van der Waals surface area contributed by atoms with Crippen molar-refractivity contribution in [2.75, 3.05) is 33.4 Å². The van der Waals surface area contributed by atoms with Crippen molar-refractivity contribution in [1.82, 2.24) is 10.2 Å². The topological polar surface area (TPSA) is 50.8 Å². The minimum absolute atomic E-state index is 0.0441. The van der Waals surface area contributed by atoms with Gasteiger partial charge in [-0.3, -0.25) is 9.69 Å². The van der Waals surface area contributed by atoms with Gasteiger partial charge in [0.1, 0.15) is 0 Å². The molecule has 3 rings (SSSR count). The van der Waals surface area contributed by atoms with Gasteiger partial charge in [0.05, 0.1) is 20.3 Å². The maximum atomic E-state index is 13.7. The second-order valence-electron chi connectivity index (χ2n) is 6.90. The van der Waals surface area contributed by atoms with Gasteiger partial charge in [-0.15, -0.1) is 0 Å². The Kier molecular flexibility index (Phi) is 7.39. The molecular formula is C22H27FN2O3. The van der Waals surface area contributed by atoms with E-state index in [0.29, 0.717) is 19.4 Å². The normalized spacial score (nSPS) is 14.6. The summed E-state index contributed by atoms with van der Waals surface area (Å²) < 4.78 is 24.1. The van der Waals surface area contributed by atoms with Crippen molar-refractivity contribution in [2.24, 2.45) is 0 Å². The average molecular weight is 386 g/mol. The standard InChI is InChI=1S/C22H27FN2O3/c1-27-21-8-6-17(14-20(21)23)7-9-22(26)24-15-18-4-2-3-5-19(18)16-25-10-12-28-13-11-25/h2-6,8,14H,7,9-13,15-16H2,1H3,(H,24,26). The van der Waals surface area contributed by atoms with Crippen molar-refractivity contribution in [3.8, 4) is 5.75 Å². The fraction of sp³-hybridized carbons (Fsp3) is 0.409. The molecule has 0 aliphatic carbocycles. The summed E-state index contributed by atoms with van der Waals surface area (Å²) in [5, 5.41) is 2.98. The van der Waals surface area contributed by atoms with E-state index in [4.69, 9.17) is 9.47 Å². The third-order valence-corrected chi connectivity index (χ3v) is 4.95. The molecule has 1 aliphatic heterocycles. The summed E-state index contributed by atoms with van der Waals surface area (Å²) in [6, 6.07) is 13.0. The van der Waals surface area contributed by atoms with Crippen LogP contribution in [0.25, 0.3) is 0 Å². The molecule has 1 heterocycles. The molecule has 1 N–H and O–H groups in total. The number of benzene rings is 2. The Hall–Kier alpha value is -2.44. The number of aryl methyl sites for hydroxylation is 1. The van der Waals surface area contributed by atoms with Crippen molar-refractivity contribution in [3.05, 3.63) is 65.0 Å². The molecule has 2 aromatic carbocycles. The lowest BCUT2D eigenvalue weighted by Crippen LogP contribution is -2.36. The number of ether oxygens (including phenoxy) is 2. The van der Waals surface area contributed by atoms with E-state index < -0.39 is 5.82 Å². The summed E-state index contributed by atoms with van der Waals surface area (Å²) in [6.45, 7) is 4.75. The van der Waals surface area contributed by atoms with E-state index in [1.165, 1.54) is 18.7 Å². The highest BCUT2D eigenvalue weighted by atomic mass is 19.1. The molecule has 0 radical (unpaired) electrons. The molecule has 1 fully saturated rings. The monoisotopic (exact) mass is 386 g/mol. The molecule has 0 unspecified atom stereocenters.